The summed E-state index contributed by atoms with van der Waals surface area (Å²) in [4.78, 5) is 6.70. The molecule has 0 spiro atoms. The van der Waals surface area contributed by atoms with Crippen molar-refractivity contribution in [2.75, 3.05) is 38.1 Å². The Labute approximate surface area is 197 Å². The summed E-state index contributed by atoms with van der Waals surface area (Å²) in [6.45, 7) is 7.51. The number of aliphatic imine (C=N–C) groups is 1. The van der Waals surface area contributed by atoms with Gasteiger partial charge in [-0.1, -0.05) is 24.3 Å². The summed E-state index contributed by atoms with van der Waals surface area (Å²) in [5, 5.41) is 11.7. The van der Waals surface area contributed by atoms with E-state index in [1.54, 1.807) is 19.2 Å². The highest BCUT2D eigenvalue weighted by Crippen LogP contribution is 2.15. The molecule has 4 N–H and O–H groups in total. The second kappa shape index (κ2) is 12.8. The first-order chi connectivity index (χ1) is 13.8. The SMILES string of the molecule is CCN(CCNC(=NC)NCCc1ccc(S(N)(=O)=O)cc1)c1cccc(C)c1.I. The number of hydrogen-bond donors (Lipinski definition) is 3. The van der Waals surface area contributed by atoms with E-state index < -0.39 is 10.0 Å². The minimum absolute atomic E-state index is 0. The Hall–Kier alpha value is -1.85. The van der Waals surface area contributed by atoms with E-state index in [0.717, 1.165) is 37.6 Å². The molecular weight excluding hydrogens is 513 g/mol. The van der Waals surface area contributed by atoms with Gasteiger partial charge in [-0.2, -0.15) is 0 Å². The van der Waals surface area contributed by atoms with Gasteiger partial charge in [0.1, 0.15) is 0 Å². The highest BCUT2D eigenvalue weighted by atomic mass is 127. The average Bonchev–Trinajstić information content (AvgIpc) is 2.69. The molecule has 0 aromatic heterocycles. The van der Waals surface area contributed by atoms with Gasteiger partial charge in [-0.3, -0.25) is 4.99 Å². The third-order valence-corrected chi connectivity index (χ3v) is 5.53. The van der Waals surface area contributed by atoms with E-state index in [0.29, 0.717) is 6.54 Å². The van der Waals surface area contributed by atoms with Crippen molar-refractivity contribution in [3.8, 4) is 0 Å². The second-order valence-corrected chi connectivity index (χ2v) is 8.34. The molecule has 0 bridgehead atoms. The van der Waals surface area contributed by atoms with E-state index in [1.807, 2.05) is 0 Å². The van der Waals surface area contributed by atoms with Crippen LogP contribution in [0.2, 0.25) is 0 Å². The van der Waals surface area contributed by atoms with Crippen molar-refractivity contribution in [2.24, 2.45) is 10.1 Å². The highest BCUT2D eigenvalue weighted by molar-refractivity contribution is 14.0. The molecule has 0 saturated carbocycles. The lowest BCUT2D eigenvalue weighted by Crippen LogP contribution is -2.42. The van der Waals surface area contributed by atoms with Gasteiger partial charge in [0.05, 0.1) is 4.90 Å². The fourth-order valence-corrected chi connectivity index (χ4v) is 3.51. The molecule has 2 aromatic rings. The van der Waals surface area contributed by atoms with Crippen molar-refractivity contribution in [3.63, 3.8) is 0 Å². The third-order valence-electron chi connectivity index (χ3n) is 4.60. The molecule has 0 aliphatic carbocycles. The predicted molar refractivity (Wildman–Crippen MR) is 135 cm³/mol. The molecular formula is C21H32IN5O2S. The highest BCUT2D eigenvalue weighted by Gasteiger charge is 2.07. The molecule has 2 aromatic carbocycles. The maximum Gasteiger partial charge on any atom is 0.238 e. The number of anilines is 1. The van der Waals surface area contributed by atoms with Gasteiger partial charge in [-0.15, -0.1) is 24.0 Å². The van der Waals surface area contributed by atoms with Gasteiger partial charge in [0.2, 0.25) is 10.0 Å². The molecule has 9 heteroatoms. The largest absolute Gasteiger partial charge is 0.370 e. The average molecular weight is 545 g/mol. The molecule has 7 nitrogen and oxygen atoms in total. The summed E-state index contributed by atoms with van der Waals surface area (Å²) < 4.78 is 22.6. The summed E-state index contributed by atoms with van der Waals surface area (Å²) in [6, 6.07) is 15.1. The Morgan fingerprint density at radius 1 is 1.10 bits per heavy atom. The molecule has 0 unspecified atom stereocenters. The zero-order valence-electron chi connectivity index (χ0n) is 17.8. The van der Waals surface area contributed by atoms with Crippen LogP contribution in [0.4, 0.5) is 5.69 Å². The van der Waals surface area contributed by atoms with Crippen LogP contribution in [0.3, 0.4) is 0 Å². The summed E-state index contributed by atoms with van der Waals surface area (Å²) in [6.07, 6.45) is 0.746. The number of rotatable bonds is 9. The molecule has 0 radical (unpaired) electrons. The minimum atomic E-state index is -3.65. The predicted octanol–water partition coefficient (Wildman–Crippen LogP) is 2.49. The number of aryl methyl sites for hydroxylation is 1. The standard InChI is InChI=1S/C21H31N5O2S.HI/c1-4-26(19-7-5-6-17(2)16-19)15-14-25-21(23-3)24-13-12-18-8-10-20(11-9-18)29(22,27)28;/h5-11,16H,4,12-15H2,1-3H3,(H2,22,27,28)(H2,23,24,25);1H. The number of nitrogens with two attached hydrogens (primary N) is 1. The van der Waals surface area contributed by atoms with Crippen molar-refractivity contribution < 1.29 is 8.42 Å². The summed E-state index contributed by atoms with van der Waals surface area (Å²) in [7, 11) is -1.90. The van der Waals surface area contributed by atoms with Crippen molar-refractivity contribution in [3.05, 3.63) is 59.7 Å². The van der Waals surface area contributed by atoms with Crippen LogP contribution in [0, 0.1) is 6.92 Å². The Kier molecular flexibility index (Phi) is 11.1. The smallest absolute Gasteiger partial charge is 0.238 e. The van der Waals surface area contributed by atoms with Gasteiger partial charge in [-0.25, -0.2) is 13.6 Å². The Morgan fingerprint density at radius 2 is 1.77 bits per heavy atom. The van der Waals surface area contributed by atoms with E-state index in [2.05, 4.69) is 58.6 Å². The van der Waals surface area contributed by atoms with E-state index >= 15 is 0 Å². The third kappa shape index (κ3) is 8.49. The van der Waals surface area contributed by atoms with Gasteiger partial charge >= 0.3 is 0 Å². The van der Waals surface area contributed by atoms with Crippen LogP contribution < -0.4 is 20.7 Å². The number of nitrogens with zero attached hydrogens (tertiary/aromatic N) is 2. The zero-order chi connectivity index (χ0) is 21.3. The van der Waals surface area contributed by atoms with Gasteiger partial charge in [0, 0.05) is 38.9 Å². The van der Waals surface area contributed by atoms with Crippen LogP contribution >= 0.6 is 24.0 Å². The molecule has 0 amide bonds. The van der Waals surface area contributed by atoms with Crippen LogP contribution in [-0.2, 0) is 16.4 Å². The molecule has 0 saturated heterocycles. The monoisotopic (exact) mass is 545 g/mol. The topological polar surface area (TPSA) is 99.8 Å². The maximum atomic E-state index is 11.3. The fourth-order valence-electron chi connectivity index (χ4n) is 3.00. The number of sulfonamides is 1. The number of hydrogen-bond acceptors (Lipinski definition) is 4. The number of likely N-dealkylation sites (N-methyl/N-ethyl adjacent to an activating group) is 1. The molecule has 0 heterocycles. The van der Waals surface area contributed by atoms with Crippen LogP contribution in [0.1, 0.15) is 18.1 Å². The number of nitrogens with one attached hydrogen (secondary N) is 2. The van der Waals surface area contributed by atoms with Gasteiger partial charge in [-0.05, 0) is 55.7 Å². The summed E-state index contributed by atoms with van der Waals surface area (Å²) in [5.41, 5.74) is 3.50. The molecule has 166 valence electrons. The van der Waals surface area contributed by atoms with Gasteiger partial charge in [0.15, 0.2) is 5.96 Å². The van der Waals surface area contributed by atoms with Crippen molar-refractivity contribution in [1.29, 1.82) is 0 Å². The minimum Gasteiger partial charge on any atom is -0.370 e. The number of primary sulfonamides is 1. The van der Waals surface area contributed by atoms with Gasteiger partial charge < -0.3 is 15.5 Å². The first-order valence-corrected chi connectivity index (χ1v) is 11.3. The number of halogens is 1. The zero-order valence-corrected chi connectivity index (χ0v) is 20.9. The van der Waals surface area contributed by atoms with Crippen molar-refractivity contribution in [1.82, 2.24) is 10.6 Å². The quantitative estimate of drug-likeness (QED) is 0.256. The maximum absolute atomic E-state index is 11.3. The lowest BCUT2D eigenvalue weighted by molar-refractivity contribution is 0.598. The first kappa shape index (κ1) is 26.2. The normalized spacial score (nSPS) is 11.5. The van der Waals surface area contributed by atoms with Crippen molar-refractivity contribution >= 4 is 45.6 Å². The molecule has 0 aliphatic heterocycles. The van der Waals surface area contributed by atoms with Crippen LogP contribution in [0.25, 0.3) is 0 Å². The second-order valence-electron chi connectivity index (χ2n) is 6.78. The molecule has 0 atom stereocenters. The van der Waals surface area contributed by atoms with E-state index in [-0.39, 0.29) is 28.9 Å². The molecule has 2 rings (SSSR count). The summed E-state index contributed by atoms with van der Waals surface area (Å²) >= 11 is 0. The summed E-state index contributed by atoms with van der Waals surface area (Å²) in [5.74, 6) is 0.742. The Bertz CT molecular complexity index is 917. The van der Waals surface area contributed by atoms with E-state index in [4.69, 9.17) is 5.14 Å². The molecule has 0 aliphatic rings. The van der Waals surface area contributed by atoms with Gasteiger partial charge in [0.25, 0.3) is 0 Å². The van der Waals surface area contributed by atoms with Crippen LogP contribution in [-0.4, -0.2) is 47.6 Å². The first-order valence-electron chi connectivity index (χ1n) is 9.71. The van der Waals surface area contributed by atoms with Crippen molar-refractivity contribution in [2.45, 2.75) is 25.2 Å². The Morgan fingerprint density at radius 3 is 2.33 bits per heavy atom. The molecule has 0 fully saturated rings. The fraction of sp³-hybridized carbons (Fsp3) is 0.381. The Balaban J connectivity index is 0.00000450. The number of guanidine groups is 1. The van der Waals surface area contributed by atoms with Crippen LogP contribution in [0.5, 0.6) is 0 Å². The lowest BCUT2D eigenvalue weighted by Gasteiger charge is -2.24. The van der Waals surface area contributed by atoms with E-state index in [1.165, 1.54) is 23.4 Å². The number of benzene rings is 2. The molecule has 30 heavy (non-hydrogen) atoms. The van der Waals surface area contributed by atoms with E-state index in [9.17, 15) is 8.42 Å². The van der Waals surface area contributed by atoms with Crippen LogP contribution in [0.15, 0.2) is 58.4 Å². The lowest BCUT2D eigenvalue weighted by atomic mass is 10.1.